The number of aromatic amines is 1. The predicted octanol–water partition coefficient (Wildman–Crippen LogP) is -1.72. The zero-order valence-corrected chi connectivity index (χ0v) is 8.66. The summed E-state index contributed by atoms with van der Waals surface area (Å²) in [6.07, 6.45) is 3.95. The summed E-state index contributed by atoms with van der Waals surface area (Å²) in [5, 5.41) is 7.01. The number of pyridine rings is 1. The van der Waals surface area contributed by atoms with Gasteiger partial charge in [-0.15, -0.1) is 0 Å². The van der Waals surface area contributed by atoms with Gasteiger partial charge in [-0.3, -0.25) is 4.90 Å². The van der Waals surface area contributed by atoms with Gasteiger partial charge in [-0.25, -0.2) is 4.98 Å². The summed E-state index contributed by atoms with van der Waals surface area (Å²) in [7, 11) is 0. The maximum Gasteiger partial charge on any atom is 0.175 e. The third-order valence-corrected chi connectivity index (χ3v) is 2.51. The average molecular weight is 210 g/mol. The highest BCUT2D eigenvalue weighted by Crippen LogP contribution is 1.88. The van der Waals surface area contributed by atoms with Crippen molar-refractivity contribution in [3.63, 3.8) is 0 Å². The van der Waals surface area contributed by atoms with Crippen LogP contribution in [0.1, 0.15) is 5.56 Å². The van der Waals surface area contributed by atoms with Crippen LogP contribution in [0, 0.1) is 0 Å². The van der Waals surface area contributed by atoms with E-state index in [1.807, 2.05) is 18.5 Å². The van der Waals surface area contributed by atoms with Crippen LogP contribution in [0.15, 0.2) is 24.5 Å². The second-order valence-corrected chi connectivity index (χ2v) is 3.78. The van der Waals surface area contributed by atoms with Crippen molar-refractivity contribution in [2.24, 2.45) is 0 Å². The minimum Gasteiger partial charge on any atom is -0.316 e. The van der Waals surface area contributed by atoms with Gasteiger partial charge in [0.2, 0.25) is 0 Å². The van der Waals surface area contributed by atoms with E-state index in [0.29, 0.717) is 0 Å². The van der Waals surface area contributed by atoms with Gasteiger partial charge in [-0.2, -0.15) is 0 Å². The molecule has 0 saturated carbocycles. The Bertz CT molecular complexity index is 304. The van der Waals surface area contributed by atoms with Crippen molar-refractivity contribution in [1.82, 2.24) is 10.6 Å². The van der Waals surface area contributed by atoms with E-state index in [1.165, 1.54) is 10.5 Å². The third kappa shape index (κ3) is 2.40. The first kappa shape index (κ1) is 9.36. The van der Waals surface area contributed by atoms with Crippen LogP contribution < -0.4 is 20.5 Å². The van der Waals surface area contributed by atoms with Crippen LogP contribution in [0.2, 0.25) is 0 Å². The highest BCUT2D eigenvalue weighted by Gasteiger charge is 2.15. The maximum absolute atomic E-state index is 4.98. The first-order valence-electron chi connectivity index (χ1n) is 4.65. The molecule has 1 aromatic heterocycles. The van der Waals surface area contributed by atoms with E-state index in [4.69, 9.17) is 12.2 Å². The lowest BCUT2D eigenvalue weighted by atomic mass is 10.3. The van der Waals surface area contributed by atoms with E-state index in [-0.39, 0.29) is 0 Å². The molecule has 5 heteroatoms. The van der Waals surface area contributed by atoms with Crippen molar-refractivity contribution in [2.45, 2.75) is 6.54 Å². The van der Waals surface area contributed by atoms with E-state index in [1.54, 1.807) is 0 Å². The second-order valence-electron chi connectivity index (χ2n) is 3.37. The van der Waals surface area contributed by atoms with Gasteiger partial charge in [0.1, 0.15) is 6.54 Å². The summed E-state index contributed by atoms with van der Waals surface area (Å²) in [6.45, 7) is 2.78. The Balaban J connectivity index is 1.89. The summed E-state index contributed by atoms with van der Waals surface area (Å²) in [5.74, 6) is 0. The summed E-state index contributed by atoms with van der Waals surface area (Å²) < 4.78 is 0. The molecule has 0 radical (unpaired) electrons. The van der Waals surface area contributed by atoms with Crippen molar-refractivity contribution >= 4 is 17.3 Å². The molecule has 0 amide bonds. The average Bonchev–Trinajstić information content (AvgIpc) is 2.23. The fourth-order valence-electron chi connectivity index (χ4n) is 1.49. The predicted molar refractivity (Wildman–Crippen MR) is 56.3 cm³/mol. The van der Waals surface area contributed by atoms with Crippen LogP contribution in [0.25, 0.3) is 0 Å². The molecule has 0 unspecified atom stereocenters. The van der Waals surface area contributed by atoms with Gasteiger partial charge in [-0.05, 0) is 18.3 Å². The van der Waals surface area contributed by atoms with Gasteiger partial charge in [0.25, 0.3) is 0 Å². The van der Waals surface area contributed by atoms with Crippen molar-refractivity contribution in [3.05, 3.63) is 30.1 Å². The number of H-pyrrole nitrogens is 1. The Labute approximate surface area is 88.3 Å². The van der Waals surface area contributed by atoms with Gasteiger partial charge in [0.15, 0.2) is 30.8 Å². The molecule has 0 spiro atoms. The zero-order chi connectivity index (χ0) is 9.80. The van der Waals surface area contributed by atoms with Crippen molar-refractivity contribution < 1.29 is 9.88 Å². The van der Waals surface area contributed by atoms with E-state index in [2.05, 4.69) is 21.7 Å². The molecule has 0 aliphatic carbocycles. The summed E-state index contributed by atoms with van der Waals surface area (Å²) >= 11 is 4.98. The minimum atomic E-state index is 0.758. The van der Waals surface area contributed by atoms with Crippen molar-refractivity contribution in [1.29, 1.82) is 0 Å². The third-order valence-electron chi connectivity index (χ3n) is 2.22. The molecular weight excluding hydrogens is 196 g/mol. The van der Waals surface area contributed by atoms with Crippen molar-refractivity contribution in [3.8, 4) is 0 Å². The van der Waals surface area contributed by atoms with E-state index in [0.717, 1.165) is 25.0 Å². The Morgan fingerprint density at radius 3 is 2.86 bits per heavy atom. The number of hydrogen-bond donors (Lipinski definition) is 3. The van der Waals surface area contributed by atoms with Crippen LogP contribution in [-0.4, -0.2) is 18.4 Å². The molecule has 1 aromatic rings. The van der Waals surface area contributed by atoms with E-state index in [9.17, 15) is 0 Å². The largest absolute Gasteiger partial charge is 0.316 e. The molecule has 4 nitrogen and oxygen atoms in total. The zero-order valence-electron chi connectivity index (χ0n) is 7.84. The molecule has 0 atom stereocenters. The SMILES string of the molecule is S=C1NC[NH+](Cc2ccc[nH+]c2)CN1. The second kappa shape index (κ2) is 4.34. The summed E-state index contributed by atoms with van der Waals surface area (Å²) in [4.78, 5) is 4.51. The summed E-state index contributed by atoms with van der Waals surface area (Å²) in [5.41, 5.74) is 1.30. The molecule has 1 aliphatic heterocycles. The van der Waals surface area contributed by atoms with Gasteiger partial charge in [0, 0.05) is 6.07 Å². The Kier molecular flexibility index (Phi) is 2.90. The van der Waals surface area contributed by atoms with Gasteiger partial charge >= 0.3 is 0 Å². The van der Waals surface area contributed by atoms with E-state index >= 15 is 0 Å². The molecule has 74 valence electrons. The van der Waals surface area contributed by atoms with E-state index < -0.39 is 0 Å². The molecule has 1 saturated heterocycles. The van der Waals surface area contributed by atoms with Crippen molar-refractivity contribution in [2.75, 3.05) is 13.3 Å². The molecule has 0 bridgehead atoms. The number of rotatable bonds is 2. The molecule has 2 heterocycles. The smallest absolute Gasteiger partial charge is 0.175 e. The summed E-state index contributed by atoms with van der Waals surface area (Å²) in [6, 6.07) is 4.14. The highest BCUT2D eigenvalue weighted by atomic mass is 32.1. The fourth-order valence-corrected chi connectivity index (χ4v) is 1.63. The van der Waals surface area contributed by atoms with Crippen LogP contribution in [0.4, 0.5) is 0 Å². The number of thiocarbonyl (C=S) groups is 1. The first-order valence-corrected chi connectivity index (χ1v) is 5.06. The van der Waals surface area contributed by atoms with Gasteiger partial charge in [-0.1, -0.05) is 0 Å². The Hall–Kier alpha value is -1.20. The number of nitrogens with one attached hydrogen (secondary N) is 4. The topological polar surface area (TPSA) is 42.6 Å². The molecule has 0 aromatic carbocycles. The number of quaternary nitrogens is 1. The quantitative estimate of drug-likeness (QED) is 0.509. The lowest BCUT2D eigenvalue weighted by molar-refractivity contribution is -0.920. The number of aromatic nitrogens is 1. The molecule has 4 N–H and O–H groups in total. The lowest BCUT2D eigenvalue weighted by Gasteiger charge is -2.25. The van der Waals surface area contributed by atoms with Gasteiger partial charge in [0.05, 0.1) is 5.56 Å². The Morgan fingerprint density at radius 2 is 2.21 bits per heavy atom. The molecule has 2 rings (SSSR count). The Morgan fingerprint density at radius 1 is 1.43 bits per heavy atom. The molecule has 1 fully saturated rings. The van der Waals surface area contributed by atoms with Crippen LogP contribution in [0.3, 0.4) is 0 Å². The maximum atomic E-state index is 4.98. The fraction of sp³-hybridized carbons (Fsp3) is 0.333. The normalized spacial score (nSPS) is 17.3. The lowest BCUT2D eigenvalue weighted by Crippen LogP contribution is -3.16. The molecular formula is C9H14N4S+2. The monoisotopic (exact) mass is 210 g/mol. The minimum absolute atomic E-state index is 0.758. The van der Waals surface area contributed by atoms with Gasteiger partial charge < -0.3 is 10.6 Å². The molecule has 14 heavy (non-hydrogen) atoms. The first-order chi connectivity index (χ1) is 6.84. The van der Waals surface area contributed by atoms with Crippen LogP contribution in [0.5, 0.6) is 0 Å². The highest BCUT2D eigenvalue weighted by molar-refractivity contribution is 7.80. The molecule has 1 aliphatic rings. The standard InChI is InChI=1S/C9H12N4S/c14-9-11-6-13(7-12-9)5-8-2-1-3-10-4-8/h1-4H,5-7H2,(H2,11,12,14)/p+2. The van der Waals surface area contributed by atoms with Crippen LogP contribution in [-0.2, 0) is 6.54 Å². The van der Waals surface area contributed by atoms with Crippen LogP contribution >= 0.6 is 12.2 Å². The number of hydrogen-bond acceptors (Lipinski definition) is 1.